The summed E-state index contributed by atoms with van der Waals surface area (Å²) in [5, 5.41) is 16.3. The molecule has 0 fully saturated rings. The third kappa shape index (κ3) is 4.19. The molecule has 0 aliphatic heterocycles. The minimum Gasteiger partial charge on any atom is -0.478 e. The van der Waals surface area contributed by atoms with Crippen LogP contribution in [0.25, 0.3) is 10.9 Å². The Bertz CT molecular complexity index is 1200. The largest absolute Gasteiger partial charge is 0.478 e. The summed E-state index contributed by atoms with van der Waals surface area (Å²) in [5.41, 5.74) is 8.47. The molecule has 144 valence electrons. The Morgan fingerprint density at radius 2 is 2.00 bits per heavy atom. The van der Waals surface area contributed by atoms with E-state index in [4.69, 9.17) is 10.8 Å². The summed E-state index contributed by atoms with van der Waals surface area (Å²) in [6.45, 7) is 0.503. The van der Waals surface area contributed by atoms with Crippen LogP contribution in [0.3, 0.4) is 0 Å². The monoisotopic (exact) mass is 387 g/mol. The van der Waals surface area contributed by atoms with E-state index in [0.29, 0.717) is 23.9 Å². The second-order valence-corrected chi connectivity index (χ2v) is 6.27. The van der Waals surface area contributed by atoms with Crippen LogP contribution in [0.5, 0.6) is 0 Å². The van der Waals surface area contributed by atoms with Crippen LogP contribution in [-0.2, 0) is 6.54 Å². The van der Waals surface area contributed by atoms with Crippen molar-refractivity contribution in [3.8, 4) is 0 Å². The van der Waals surface area contributed by atoms with Crippen LogP contribution in [0.2, 0.25) is 0 Å². The Morgan fingerprint density at radius 3 is 2.86 bits per heavy atom. The number of pyridine rings is 2. The molecule has 0 amide bonds. The second kappa shape index (κ2) is 7.77. The highest BCUT2D eigenvalue weighted by Gasteiger charge is 2.08. The van der Waals surface area contributed by atoms with Gasteiger partial charge in [-0.1, -0.05) is 12.1 Å². The van der Waals surface area contributed by atoms with Crippen molar-refractivity contribution in [1.82, 2.24) is 19.9 Å². The molecule has 0 saturated heterocycles. The predicted octanol–water partition coefficient (Wildman–Crippen LogP) is 3.06. The zero-order valence-electron chi connectivity index (χ0n) is 15.2. The fraction of sp³-hybridized carbons (Fsp3) is 0.0500. The number of nitrogens with zero attached hydrogens (tertiary/aromatic N) is 4. The van der Waals surface area contributed by atoms with Gasteiger partial charge >= 0.3 is 5.97 Å². The number of hydrogen-bond acceptors (Lipinski definition) is 8. The van der Waals surface area contributed by atoms with Crippen molar-refractivity contribution >= 4 is 40.0 Å². The molecule has 0 radical (unpaired) electrons. The van der Waals surface area contributed by atoms with Crippen LogP contribution in [0.4, 0.5) is 23.1 Å². The van der Waals surface area contributed by atoms with Crippen molar-refractivity contribution in [2.45, 2.75) is 6.54 Å². The normalized spacial score (nSPS) is 10.6. The number of fused-ring (bicyclic) bond motifs is 1. The molecule has 3 aromatic heterocycles. The number of carboxylic acid groups (broad SMARTS) is 1. The molecule has 0 saturated carbocycles. The van der Waals surface area contributed by atoms with Gasteiger partial charge in [0.25, 0.3) is 0 Å². The molecule has 4 aromatic rings. The number of carboxylic acids is 1. The highest BCUT2D eigenvalue weighted by Crippen LogP contribution is 2.21. The smallest absolute Gasteiger partial charge is 0.337 e. The molecule has 0 bridgehead atoms. The standard InChI is InChI=1S/C20H17N7O2/c21-18-19(25-8-12-3-4-16-13(6-12)2-1-5-23-16)27-17(11-24-18)26-15-7-14(20(28)29)9-22-10-15/h1-7,9-11H,8H2,(H2,21,24)(H,28,29)(H2,25,26,27). The predicted molar refractivity (Wildman–Crippen MR) is 110 cm³/mol. The lowest BCUT2D eigenvalue weighted by Crippen LogP contribution is -2.08. The summed E-state index contributed by atoms with van der Waals surface area (Å²) in [4.78, 5) is 27.9. The van der Waals surface area contributed by atoms with Crippen molar-refractivity contribution in [3.63, 3.8) is 0 Å². The summed E-state index contributed by atoms with van der Waals surface area (Å²) in [7, 11) is 0. The fourth-order valence-electron chi connectivity index (χ4n) is 2.78. The van der Waals surface area contributed by atoms with Gasteiger partial charge < -0.3 is 21.5 Å². The van der Waals surface area contributed by atoms with E-state index in [1.54, 1.807) is 6.20 Å². The molecule has 1 aromatic carbocycles. The van der Waals surface area contributed by atoms with E-state index in [-0.39, 0.29) is 11.4 Å². The number of anilines is 4. The average Bonchev–Trinajstić information content (AvgIpc) is 2.74. The molecular weight excluding hydrogens is 370 g/mol. The van der Waals surface area contributed by atoms with Crippen LogP contribution < -0.4 is 16.4 Å². The zero-order chi connectivity index (χ0) is 20.2. The fourth-order valence-corrected chi connectivity index (χ4v) is 2.78. The lowest BCUT2D eigenvalue weighted by molar-refractivity contribution is 0.0696. The first kappa shape index (κ1) is 18.1. The van der Waals surface area contributed by atoms with E-state index in [2.05, 4.69) is 30.6 Å². The van der Waals surface area contributed by atoms with Gasteiger partial charge in [0, 0.05) is 24.3 Å². The van der Waals surface area contributed by atoms with Crippen LogP contribution in [0, 0.1) is 0 Å². The summed E-state index contributed by atoms with van der Waals surface area (Å²) in [6, 6.07) is 11.4. The molecule has 0 aliphatic rings. The number of nitrogen functional groups attached to an aromatic ring is 1. The topological polar surface area (TPSA) is 139 Å². The number of hydrogen-bond donors (Lipinski definition) is 4. The molecule has 0 spiro atoms. The number of carbonyl (C=O) groups is 1. The number of rotatable bonds is 6. The lowest BCUT2D eigenvalue weighted by atomic mass is 10.1. The van der Waals surface area contributed by atoms with Gasteiger partial charge in [-0.2, -0.15) is 0 Å². The Hall–Kier alpha value is -4.27. The molecule has 0 atom stereocenters. The molecule has 9 heteroatoms. The summed E-state index contributed by atoms with van der Waals surface area (Å²) in [5.74, 6) is 0.0327. The average molecular weight is 387 g/mol. The maximum Gasteiger partial charge on any atom is 0.337 e. The van der Waals surface area contributed by atoms with Crippen LogP contribution >= 0.6 is 0 Å². The van der Waals surface area contributed by atoms with Crippen molar-refractivity contribution in [3.05, 3.63) is 72.3 Å². The first-order valence-electron chi connectivity index (χ1n) is 8.74. The molecule has 9 nitrogen and oxygen atoms in total. The van der Waals surface area contributed by atoms with E-state index < -0.39 is 5.97 Å². The van der Waals surface area contributed by atoms with E-state index in [1.165, 1.54) is 24.7 Å². The summed E-state index contributed by atoms with van der Waals surface area (Å²) >= 11 is 0. The Labute approximate surface area is 165 Å². The number of nitrogens with one attached hydrogen (secondary N) is 2. The maximum absolute atomic E-state index is 11.1. The Balaban J connectivity index is 1.50. The summed E-state index contributed by atoms with van der Waals surface area (Å²) in [6.07, 6.45) is 6.00. The Morgan fingerprint density at radius 1 is 1.10 bits per heavy atom. The van der Waals surface area contributed by atoms with Crippen molar-refractivity contribution in [2.75, 3.05) is 16.4 Å². The quantitative estimate of drug-likeness (QED) is 0.393. The lowest BCUT2D eigenvalue weighted by Gasteiger charge is -2.11. The highest BCUT2D eigenvalue weighted by molar-refractivity contribution is 5.88. The number of aromatic nitrogens is 4. The third-order valence-corrected chi connectivity index (χ3v) is 4.19. The number of benzene rings is 1. The van der Waals surface area contributed by atoms with Gasteiger partial charge in [-0.05, 0) is 29.8 Å². The van der Waals surface area contributed by atoms with Gasteiger partial charge in [0.05, 0.1) is 29.2 Å². The van der Waals surface area contributed by atoms with Crippen LogP contribution in [-0.4, -0.2) is 31.0 Å². The van der Waals surface area contributed by atoms with Gasteiger partial charge in [0.2, 0.25) is 0 Å². The van der Waals surface area contributed by atoms with Gasteiger partial charge in [0.15, 0.2) is 17.5 Å². The molecule has 5 N–H and O–H groups in total. The van der Waals surface area contributed by atoms with Gasteiger partial charge in [-0.15, -0.1) is 0 Å². The first-order valence-corrected chi connectivity index (χ1v) is 8.74. The second-order valence-electron chi connectivity index (χ2n) is 6.27. The molecule has 0 aliphatic carbocycles. The van der Waals surface area contributed by atoms with Gasteiger partial charge in [-0.25, -0.2) is 14.8 Å². The van der Waals surface area contributed by atoms with Crippen molar-refractivity contribution < 1.29 is 9.90 Å². The van der Waals surface area contributed by atoms with Crippen molar-refractivity contribution in [1.29, 1.82) is 0 Å². The van der Waals surface area contributed by atoms with Crippen LogP contribution in [0.15, 0.2) is 61.2 Å². The minimum atomic E-state index is -1.06. The molecule has 29 heavy (non-hydrogen) atoms. The number of aromatic carboxylic acids is 1. The van der Waals surface area contributed by atoms with Crippen molar-refractivity contribution in [2.24, 2.45) is 0 Å². The van der Waals surface area contributed by atoms with E-state index in [9.17, 15) is 4.79 Å². The zero-order valence-corrected chi connectivity index (χ0v) is 15.2. The molecule has 0 unspecified atom stereocenters. The van der Waals surface area contributed by atoms with E-state index in [0.717, 1.165) is 16.5 Å². The molecular formula is C20H17N7O2. The van der Waals surface area contributed by atoms with E-state index >= 15 is 0 Å². The highest BCUT2D eigenvalue weighted by atomic mass is 16.4. The molecule has 4 rings (SSSR count). The maximum atomic E-state index is 11.1. The number of nitrogens with two attached hydrogens (primary N) is 1. The van der Waals surface area contributed by atoms with Gasteiger partial charge in [0.1, 0.15) is 0 Å². The summed E-state index contributed by atoms with van der Waals surface area (Å²) < 4.78 is 0. The minimum absolute atomic E-state index is 0.0718. The van der Waals surface area contributed by atoms with Gasteiger partial charge in [-0.3, -0.25) is 9.97 Å². The SMILES string of the molecule is Nc1ncc(Nc2cncc(C(=O)O)c2)nc1NCc1ccc2ncccc2c1. The third-order valence-electron chi connectivity index (χ3n) is 4.19. The Kier molecular flexibility index (Phi) is 4.85. The van der Waals surface area contributed by atoms with Crippen LogP contribution in [0.1, 0.15) is 15.9 Å². The van der Waals surface area contributed by atoms with E-state index in [1.807, 2.05) is 30.3 Å². The first-order chi connectivity index (χ1) is 14.1. The molecule has 3 heterocycles.